The molecule has 0 radical (unpaired) electrons. The van der Waals surface area contributed by atoms with Gasteiger partial charge in [-0.3, -0.25) is 0 Å². The highest BCUT2D eigenvalue weighted by atomic mass is 19.1. The molecule has 0 aromatic heterocycles. The van der Waals surface area contributed by atoms with E-state index in [1.165, 1.54) is 12.1 Å². The average molecular weight is 221 g/mol. The summed E-state index contributed by atoms with van der Waals surface area (Å²) >= 11 is 0. The van der Waals surface area contributed by atoms with Gasteiger partial charge in [0.15, 0.2) is 0 Å². The molecule has 0 aliphatic heterocycles. The predicted octanol–water partition coefficient (Wildman–Crippen LogP) is 2.37. The van der Waals surface area contributed by atoms with Crippen molar-refractivity contribution in [3.05, 3.63) is 35.6 Å². The molecule has 0 spiro atoms. The van der Waals surface area contributed by atoms with Crippen molar-refractivity contribution in [3.8, 4) is 0 Å². The van der Waals surface area contributed by atoms with Crippen LogP contribution < -0.4 is 5.73 Å². The largest absolute Gasteiger partial charge is 0.321 e. The van der Waals surface area contributed by atoms with E-state index in [1.54, 1.807) is 12.1 Å². The Bertz CT molecular complexity index is 376. The lowest BCUT2D eigenvalue weighted by Gasteiger charge is -2.36. The Hall–Kier alpha value is -1.22. The molecule has 86 valence electrons. The highest BCUT2D eigenvalue weighted by molar-refractivity contribution is 5.54. The lowest BCUT2D eigenvalue weighted by Crippen LogP contribution is -2.41. The van der Waals surface area contributed by atoms with Crippen LogP contribution in [0.1, 0.15) is 31.2 Å². The number of hydrogen-bond acceptors (Lipinski definition) is 2. The van der Waals surface area contributed by atoms with Gasteiger partial charge in [0.2, 0.25) is 0 Å². The van der Waals surface area contributed by atoms with Crippen molar-refractivity contribution in [2.45, 2.75) is 31.2 Å². The third-order valence-electron chi connectivity index (χ3n) is 3.44. The van der Waals surface area contributed by atoms with E-state index in [0.29, 0.717) is 6.42 Å². The Morgan fingerprint density at radius 2 is 2.06 bits per heavy atom. The number of benzene rings is 1. The van der Waals surface area contributed by atoms with E-state index >= 15 is 0 Å². The molecular weight excluding hydrogens is 205 g/mol. The molecule has 1 unspecified atom stereocenters. The standard InChI is InChI=1S/C13H16FNO/c14-12-5-3-11(4-6-12)13(15)7-1-2-10(8-13)9-16/h3-6,9-10H,1-2,7-8,15H2/t10?,13-/m1/s1. The number of halogens is 1. The Labute approximate surface area is 94.6 Å². The normalized spacial score (nSPS) is 30.0. The van der Waals surface area contributed by atoms with Crippen LogP contribution in [-0.4, -0.2) is 6.29 Å². The van der Waals surface area contributed by atoms with E-state index in [-0.39, 0.29) is 11.7 Å². The molecule has 3 heteroatoms. The summed E-state index contributed by atoms with van der Waals surface area (Å²) in [6.45, 7) is 0. The highest BCUT2D eigenvalue weighted by Crippen LogP contribution is 2.37. The Morgan fingerprint density at radius 1 is 1.38 bits per heavy atom. The minimum absolute atomic E-state index is 0.0452. The van der Waals surface area contributed by atoms with Crippen molar-refractivity contribution in [3.63, 3.8) is 0 Å². The van der Waals surface area contributed by atoms with Crippen LogP contribution in [0, 0.1) is 11.7 Å². The van der Waals surface area contributed by atoms with Gasteiger partial charge in [-0.25, -0.2) is 4.39 Å². The second-order valence-electron chi connectivity index (χ2n) is 4.66. The lowest BCUT2D eigenvalue weighted by molar-refractivity contribution is -0.112. The van der Waals surface area contributed by atoms with Crippen LogP contribution >= 0.6 is 0 Å². The molecule has 1 aromatic rings. The first-order valence-corrected chi connectivity index (χ1v) is 5.64. The number of nitrogens with two attached hydrogens (primary N) is 1. The van der Waals surface area contributed by atoms with Crippen molar-refractivity contribution in [2.24, 2.45) is 11.7 Å². The molecule has 1 fully saturated rings. The highest BCUT2D eigenvalue weighted by Gasteiger charge is 2.34. The summed E-state index contributed by atoms with van der Waals surface area (Å²) in [5.74, 6) is -0.209. The second kappa shape index (κ2) is 4.34. The first-order valence-electron chi connectivity index (χ1n) is 5.64. The zero-order valence-corrected chi connectivity index (χ0v) is 9.16. The first kappa shape index (κ1) is 11.3. The number of carbonyl (C=O) groups excluding carboxylic acids is 1. The number of aldehydes is 1. The quantitative estimate of drug-likeness (QED) is 0.779. The van der Waals surface area contributed by atoms with Crippen LogP contribution in [-0.2, 0) is 10.3 Å². The Balaban J connectivity index is 2.23. The molecule has 0 bridgehead atoms. The van der Waals surface area contributed by atoms with Gasteiger partial charge in [-0.05, 0) is 37.0 Å². The summed E-state index contributed by atoms with van der Waals surface area (Å²) in [6.07, 6.45) is 4.40. The van der Waals surface area contributed by atoms with Crippen molar-refractivity contribution < 1.29 is 9.18 Å². The van der Waals surface area contributed by atoms with Crippen LogP contribution in [0.5, 0.6) is 0 Å². The van der Waals surface area contributed by atoms with Gasteiger partial charge in [0.25, 0.3) is 0 Å². The van der Waals surface area contributed by atoms with Gasteiger partial charge in [0, 0.05) is 11.5 Å². The molecular formula is C13H16FNO. The molecule has 16 heavy (non-hydrogen) atoms. The van der Waals surface area contributed by atoms with Gasteiger partial charge in [0.1, 0.15) is 12.1 Å². The second-order valence-corrected chi connectivity index (χ2v) is 4.66. The first-order chi connectivity index (χ1) is 7.64. The molecule has 1 saturated carbocycles. The summed E-state index contributed by atoms with van der Waals surface area (Å²) in [5.41, 5.74) is 6.79. The molecule has 2 rings (SSSR count). The molecule has 0 saturated heterocycles. The smallest absolute Gasteiger partial charge is 0.123 e. The molecule has 1 aliphatic carbocycles. The summed E-state index contributed by atoms with van der Waals surface area (Å²) in [6, 6.07) is 6.30. The minimum Gasteiger partial charge on any atom is -0.321 e. The van der Waals surface area contributed by atoms with Crippen LogP contribution in [0.15, 0.2) is 24.3 Å². The van der Waals surface area contributed by atoms with E-state index in [1.807, 2.05) is 0 Å². The molecule has 1 aromatic carbocycles. The Morgan fingerprint density at radius 3 is 2.69 bits per heavy atom. The number of carbonyl (C=O) groups is 1. The molecule has 0 amide bonds. The van der Waals surface area contributed by atoms with E-state index in [9.17, 15) is 9.18 Å². The van der Waals surface area contributed by atoms with E-state index in [0.717, 1.165) is 31.1 Å². The van der Waals surface area contributed by atoms with Gasteiger partial charge in [-0.15, -0.1) is 0 Å². The third kappa shape index (κ3) is 2.14. The van der Waals surface area contributed by atoms with Gasteiger partial charge in [-0.2, -0.15) is 0 Å². The summed E-state index contributed by atoms with van der Waals surface area (Å²) in [5, 5.41) is 0. The maximum absolute atomic E-state index is 12.8. The predicted molar refractivity (Wildman–Crippen MR) is 60.3 cm³/mol. The molecule has 2 nitrogen and oxygen atoms in total. The van der Waals surface area contributed by atoms with Crippen LogP contribution in [0.2, 0.25) is 0 Å². The van der Waals surface area contributed by atoms with Gasteiger partial charge in [-0.1, -0.05) is 18.6 Å². The average Bonchev–Trinajstić information content (AvgIpc) is 2.29. The SMILES string of the molecule is N[C@]1(c2ccc(F)cc2)CCCC(C=O)C1. The number of hydrogen-bond donors (Lipinski definition) is 1. The van der Waals surface area contributed by atoms with Gasteiger partial charge >= 0.3 is 0 Å². The topological polar surface area (TPSA) is 43.1 Å². The summed E-state index contributed by atoms with van der Waals surface area (Å²) < 4.78 is 12.8. The zero-order valence-electron chi connectivity index (χ0n) is 9.16. The van der Waals surface area contributed by atoms with Crippen molar-refractivity contribution in [1.82, 2.24) is 0 Å². The fourth-order valence-electron chi connectivity index (χ4n) is 2.51. The maximum Gasteiger partial charge on any atom is 0.123 e. The fourth-order valence-corrected chi connectivity index (χ4v) is 2.51. The molecule has 2 N–H and O–H groups in total. The van der Waals surface area contributed by atoms with Gasteiger partial charge < -0.3 is 10.5 Å². The van der Waals surface area contributed by atoms with E-state index < -0.39 is 5.54 Å². The van der Waals surface area contributed by atoms with E-state index in [2.05, 4.69) is 0 Å². The molecule has 0 heterocycles. The third-order valence-corrected chi connectivity index (χ3v) is 3.44. The van der Waals surface area contributed by atoms with Crippen LogP contribution in [0.25, 0.3) is 0 Å². The van der Waals surface area contributed by atoms with Gasteiger partial charge in [0.05, 0.1) is 0 Å². The number of rotatable bonds is 2. The van der Waals surface area contributed by atoms with Crippen molar-refractivity contribution in [1.29, 1.82) is 0 Å². The summed E-state index contributed by atoms with van der Waals surface area (Å²) in [4.78, 5) is 10.8. The lowest BCUT2D eigenvalue weighted by atomic mass is 9.73. The molecule has 2 atom stereocenters. The minimum atomic E-state index is -0.461. The molecule has 1 aliphatic rings. The monoisotopic (exact) mass is 221 g/mol. The Kier molecular flexibility index (Phi) is 3.06. The fraction of sp³-hybridized carbons (Fsp3) is 0.462. The van der Waals surface area contributed by atoms with E-state index in [4.69, 9.17) is 5.73 Å². The van der Waals surface area contributed by atoms with Crippen LogP contribution in [0.3, 0.4) is 0 Å². The summed E-state index contributed by atoms with van der Waals surface area (Å²) in [7, 11) is 0. The zero-order chi connectivity index (χ0) is 11.6. The maximum atomic E-state index is 12.8. The van der Waals surface area contributed by atoms with Crippen LogP contribution in [0.4, 0.5) is 4.39 Å². The van der Waals surface area contributed by atoms with Crippen molar-refractivity contribution >= 4 is 6.29 Å². The van der Waals surface area contributed by atoms with Crippen molar-refractivity contribution in [2.75, 3.05) is 0 Å².